The molecule has 5 atom stereocenters. The zero-order chi connectivity index (χ0) is 36.0. The molecular weight excluding hydrogens is 657 g/mol. The van der Waals surface area contributed by atoms with E-state index in [-0.39, 0.29) is 6.04 Å². The second kappa shape index (κ2) is 15.7. The molecule has 0 aliphatic carbocycles. The molecule has 3 saturated heterocycles. The number of aliphatic hydroxyl groups is 1. The lowest BCUT2D eigenvalue weighted by Gasteiger charge is -2.58. The zero-order valence-corrected chi connectivity index (χ0v) is 30.1. The summed E-state index contributed by atoms with van der Waals surface area (Å²) >= 11 is 0. The number of piperidine rings is 3. The maximum atomic E-state index is 12.4. The summed E-state index contributed by atoms with van der Waals surface area (Å²) in [7, 11) is 0. The van der Waals surface area contributed by atoms with Crippen LogP contribution in [0.1, 0.15) is 46.8 Å². The van der Waals surface area contributed by atoms with E-state index in [1.165, 1.54) is 0 Å². The molecule has 5 aromatic carbocycles. The van der Waals surface area contributed by atoms with Gasteiger partial charge in [-0.15, -0.1) is 6.58 Å². The van der Waals surface area contributed by atoms with Crippen molar-refractivity contribution in [1.82, 2.24) is 4.98 Å². The molecule has 3 fully saturated rings. The Balaban J connectivity index is 1.19. The summed E-state index contributed by atoms with van der Waals surface area (Å²) in [5.74, 6) is 2.77. The number of ether oxygens (including phenoxy) is 3. The number of para-hydroxylation sites is 1. The van der Waals surface area contributed by atoms with Gasteiger partial charge in [0.05, 0.1) is 18.6 Å². The number of aliphatic hydroxyl groups excluding tert-OH is 1. The highest BCUT2D eigenvalue weighted by Gasteiger charge is 2.54. The SMILES string of the molecule is C=CC1C[N+]2(Cc3cc(OCc4ccccc4)c(OCc4ccccc4)c(OCc4ccccc4)c3)CCC1CC2[C@H](O)c1ccnc2ccccc12. The smallest absolute Gasteiger partial charge is 0.203 e. The fourth-order valence-electron chi connectivity index (χ4n) is 8.61. The van der Waals surface area contributed by atoms with E-state index in [9.17, 15) is 5.11 Å². The standard InChI is InChI=1S/C47H47N2O4/c1-2-38-30-49(25-23-39(38)28-43(49)46(50)41-22-24-48-42-21-13-12-20-40(41)42)29-37-26-44(51-31-34-14-6-3-7-15-34)47(53-33-36-18-10-5-11-19-36)45(27-37)52-32-35-16-8-4-9-17-35/h2-22,24,26-27,38-39,43,46,50H,1,23,25,28-33H2/q+1/t38?,39?,43?,46-,49?/m1/s1. The van der Waals surface area contributed by atoms with Crippen molar-refractivity contribution in [2.75, 3.05) is 13.1 Å². The van der Waals surface area contributed by atoms with Crippen LogP contribution in [0.5, 0.6) is 17.2 Å². The van der Waals surface area contributed by atoms with Gasteiger partial charge in [0, 0.05) is 35.9 Å². The summed E-state index contributed by atoms with van der Waals surface area (Å²) in [5.41, 5.74) is 6.14. The first-order valence-electron chi connectivity index (χ1n) is 18.8. The molecule has 3 aliphatic rings. The first-order valence-corrected chi connectivity index (χ1v) is 18.8. The highest BCUT2D eigenvalue weighted by Crippen LogP contribution is 2.49. The van der Waals surface area contributed by atoms with Crippen LogP contribution < -0.4 is 14.2 Å². The first kappa shape index (κ1) is 34.6. The van der Waals surface area contributed by atoms with Crippen LogP contribution in [0.25, 0.3) is 10.9 Å². The predicted molar refractivity (Wildman–Crippen MR) is 209 cm³/mol. The van der Waals surface area contributed by atoms with Crippen LogP contribution in [0, 0.1) is 11.8 Å². The van der Waals surface area contributed by atoms with Gasteiger partial charge in [-0.1, -0.05) is 115 Å². The Kier molecular flexibility index (Phi) is 10.2. The van der Waals surface area contributed by atoms with Gasteiger partial charge in [0.25, 0.3) is 0 Å². The largest absolute Gasteiger partial charge is 0.485 e. The number of hydrogen-bond donors (Lipinski definition) is 1. The van der Waals surface area contributed by atoms with E-state index < -0.39 is 6.10 Å². The summed E-state index contributed by atoms with van der Waals surface area (Å²) in [6, 6.07) is 45.0. The van der Waals surface area contributed by atoms with Crippen molar-refractivity contribution in [1.29, 1.82) is 0 Å². The summed E-state index contributed by atoms with van der Waals surface area (Å²) < 4.78 is 20.7. The van der Waals surface area contributed by atoms with Gasteiger partial charge in [-0.2, -0.15) is 0 Å². The van der Waals surface area contributed by atoms with Crippen LogP contribution in [0.4, 0.5) is 0 Å². The van der Waals surface area contributed by atoms with Crippen LogP contribution in [-0.4, -0.2) is 33.7 Å². The lowest BCUT2D eigenvalue weighted by molar-refractivity contribution is -0.984. The first-order chi connectivity index (χ1) is 26.1. The minimum Gasteiger partial charge on any atom is -0.485 e. The summed E-state index contributed by atoms with van der Waals surface area (Å²) in [4.78, 5) is 4.60. The molecule has 0 spiro atoms. The Morgan fingerprint density at radius 3 is 1.89 bits per heavy atom. The third kappa shape index (κ3) is 7.57. The maximum absolute atomic E-state index is 12.4. The third-order valence-electron chi connectivity index (χ3n) is 11.3. The number of aromatic nitrogens is 1. The van der Waals surface area contributed by atoms with E-state index in [1.54, 1.807) is 0 Å². The molecule has 0 amide bonds. The van der Waals surface area contributed by atoms with Crippen molar-refractivity contribution in [3.8, 4) is 17.2 Å². The Morgan fingerprint density at radius 1 is 0.717 bits per heavy atom. The van der Waals surface area contributed by atoms with Crippen molar-refractivity contribution in [3.05, 3.63) is 180 Å². The van der Waals surface area contributed by atoms with E-state index in [1.807, 2.05) is 85.1 Å². The van der Waals surface area contributed by atoms with Crippen LogP contribution in [0.2, 0.25) is 0 Å². The van der Waals surface area contributed by atoms with E-state index in [4.69, 9.17) is 14.2 Å². The van der Waals surface area contributed by atoms with Crippen LogP contribution in [0.15, 0.2) is 152 Å². The van der Waals surface area contributed by atoms with E-state index in [0.29, 0.717) is 55.4 Å². The van der Waals surface area contributed by atoms with Crippen LogP contribution in [0.3, 0.4) is 0 Å². The van der Waals surface area contributed by atoms with Gasteiger partial charge in [0.1, 0.15) is 38.5 Å². The summed E-state index contributed by atoms with van der Waals surface area (Å²) in [6.07, 6.45) is 5.36. The van der Waals surface area contributed by atoms with Crippen LogP contribution in [-0.2, 0) is 26.4 Å². The van der Waals surface area contributed by atoms with Crippen LogP contribution >= 0.6 is 0 Å². The monoisotopic (exact) mass is 703 g/mol. The molecule has 3 aliphatic heterocycles. The second-order valence-electron chi connectivity index (χ2n) is 14.6. The van der Waals surface area contributed by atoms with E-state index in [0.717, 1.165) is 69.1 Å². The van der Waals surface area contributed by atoms with Gasteiger partial charge < -0.3 is 23.8 Å². The van der Waals surface area contributed by atoms with Gasteiger partial charge in [-0.05, 0) is 52.4 Å². The molecule has 1 aromatic heterocycles. The molecule has 6 nitrogen and oxygen atoms in total. The number of quaternary nitrogens is 1. The molecule has 9 rings (SSSR count). The quantitative estimate of drug-likeness (QED) is 0.0905. The third-order valence-corrected chi connectivity index (χ3v) is 11.3. The van der Waals surface area contributed by atoms with Gasteiger partial charge in [0.15, 0.2) is 11.5 Å². The van der Waals surface area contributed by atoms with Gasteiger partial charge in [-0.25, -0.2) is 0 Å². The van der Waals surface area contributed by atoms with Gasteiger partial charge in [-0.3, -0.25) is 4.98 Å². The second-order valence-corrected chi connectivity index (χ2v) is 14.6. The molecule has 0 saturated carbocycles. The maximum Gasteiger partial charge on any atom is 0.203 e. The zero-order valence-electron chi connectivity index (χ0n) is 30.1. The number of benzene rings is 5. The lowest BCUT2D eigenvalue weighted by Crippen LogP contribution is -2.67. The molecule has 6 heteroatoms. The Hall–Kier alpha value is -5.43. The van der Waals surface area contributed by atoms with Gasteiger partial charge in [0.2, 0.25) is 5.75 Å². The van der Waals surface area contributed by atoms with Gasteiger partial charge >= 0.3 is 0 Å². The molecule has 53 heavy (non-hydrogen) atoms. The molecule has 2 bridgehead atoms. The fourth-order valence-corrected chi connectivity index (χ4v) is 8.61. The predicted octanol–water partition coefficient (Wildman–Crippen LogP) is 9.62. The normalized spacial score (nSPS) is 21.2. The highest BCUT2D eigenvalue weighted by molar-refractivity contribution is 5.82. The molecule has 1 N–H and O–H groups in total. The topological polar surface area (TPSA) is 60.8 Å². The number of rotatable bonds is 14. The Morgan fingerprint density at radius 2 is 1.28 bits per heavy atom. The Labute approximate surface area is 312 Å². The van der Waals surface area contributed by atoms with E-state index >= 15 is 0 Å². The average Bonchev–Trinajstić information content (AvgIpc) is 3.22. The van der Waals surface area contributed by atoms with Crippen molar-refractivity contribution in [3.63, 3.8) is 0 Å². The molecule has 6 aromatic rings. The minimum atomic E-state index is -0.646. The number of nitrogens with zero attached hydrogens (tertiary/aromatic N) is 2. The van der Waals surface area contributed by atoms with E-state index in [2.05, 4.69) is 72.2 Å². The number of hydrogen-bond acceptors (Lipinski definition) is 5. The van der Waals surface area contributed by atoms with Crippen molar-refractivity contribution >= 4 is 10.9 Å². The number of fused-ring (bicyclic) bond motifs is 4. The average molecular weight is 704 g/mol. The fraction of sp³-hybridized carbons (Fsp3) is 0.255. The summed E-state index contributed by atoms with van der Waals surface area (Å²) in [6.45, 7) is 8.03. The molecule has 0 radical (unpaired) electrons. The molecule has 4 unspecified atom stereocenters. The Bertz CT molecular complexity index is 2070. The minimum absolute atomic E-state index is 0.00661. The number of pyridine rings is 1. The lowest BCUT2D eigenvalue weighted by atomic mass is 9.71. The molecule has 4 heterocycles. The highest BCUT2D eigenvalue weighted by atomic mass is 16.5. The van der Waals surface area contributed by atoms with Crippen molar-refractivity contribution < 1.29 is 23.8 Å². The van der Waals surface area contributed by atoms with Crippen molar-refractivity contribution in [2.24, 2.45) is 11.8 Å². The summed E-state index contributed by atoms with van der Waals surface area (Å²) in [5, 5.41) is 13.4. The molecular formula is C47H47N2O4+. The van der Waals surface area contributed by atoms with Crippen molar-refractivity contribution in [2.45, 2.75) is 51.4 Å². The molecule has 268 valence electrons.